The second-order valence-electron chi connectivity index (χ2n) is 4.64. The molecule has 20 heavy (non-hydrogen) atoms. The standard InChI is InChI=1S/C15H18N4S/c1-5-7-18(8-6-2)13(9-16)14-12(4)17-15-19(14)11(3)10-20-15/h5-6,10,13H,1-2,7-8H2,3-4H3. The van der Waals surface area contributed by atoms with Gasteiger partial charge in [0, 0.05) is 24.2 Å². The molecule has 4 nitrogen and oxygen atoms in total. The van der Waals surface area contributed by atoms with Crippen LogP contribution in [0.3, 0.4) is 0 Å². The summed E-state index contributed by atoms with van der Waals surface area (Å²) in [5, 5.41) is 11.7. The third-order valence-corrected chi connectivity index (χ3v) is 4.17. The Morgan fingerprint density at radius 1 is 1.45 bits per heavy atom. The minimum atomic E-state index is -0.353. The van der Waals surface area contributed by atoms with Crippen LogP contribution in [0.25, 0.3) is 4.96 Å². The van der Waals surface area contributed by atoms with Crippen LogP contribution in [0.1, 0.15) is 23.1 Å². The Kier molecular flexibility index (Phi) is 4.38. The highest BCUT2D eigenvalue weighted by Gasteiger charge is 2.25. The molecule has 0 bridgehead atoms. The number of imidazole rings is 1. The van der Waals surface area contributed by atoms with Crippen LogP contribution in [-0.4, -0.2) is 27.4 Å². The zero-order valence-electron chi connectivity index (χ0n) is 11.8. The van der Waals surface area contributed by atoms with Crippen molar-refractivity contribution in [1.82, 2.24) is 14.3 Å². The van der Waals surface area contributed by atoms with E-state index in [-0.39, 0.29) is 6.04 Å². The van der Waals surface area contributed by atoms with Gasteiger partial charge in [0.25, 0.3) is 0 Å². The predicted octanol–water partition coefficient (Wildman–Crippen LogP) is 3.25. The van der Waals surface area contributed by atoms with E-state index in [2.05, 4.69) is 34.0 Å². The first-order valence-corrected chi connectivity index (χ1v) is 7.30. The Hall–Kier alpha value is -1.90. The van der Waals surface area contributed by atoms with E-state index in [0.29, 0.717) is 13.1 Å². The van der Waals surface area contributed by atoms with Gasteiger partial charge in [0.15, 0.2) is 4.96 Å². The molecule has 0 radical (unpaired) electrons. The summed E-state index contributed by atoms with van der Waals surface area (Å²) in [7, 11) is 0. The van der Waals surface area contributed by atoms with Gasteiger partial charge in [-0.2, -0.15) is 5.26 Å². The number of hydrogen-bond donors (Lipinski definition) is 0. The van der Waals surface area contributed by atoms with Gasteiger partial charge in [-0.05, 0) is 13.8 Å². The maximum absolute atomic E-state index is 9.64. The third-order valence-electron chi connectivity index (χ3n) is 3.23. The van der Waals surface area contributed by atoms with Crippen LogP contribution in [0.2, 0.25) is 0 Å². The number of nitriles is 1. The molecule has 0 aromatic carbocycles. The van der Waals surface area contributed by atoms with Gasteiger partial charge in [-0.25, -0.2) is 4.98 Å². The van der Waals surface area contributed by atoms with E-state index in [1.807, 2.05) is 30.9 Å². The Morgan fingerprint density at radius 2 is 2.10 bits per heavy atom. The van der Waals surface area contributed by atoms with Gasteiger partial charge in [-0.15, -0.1) is 24.5 Å². The Balaban J connectivity index is 2.55. The lowest BCUT2D eigenvalue weighted by Gasteiger charge is -2.24. The molecule has 1 atom stereocenters. The summed E-state index contributed by atoms with van der Waals surface area (Å²) < 4.78 is 2.08. The summed E-state index contributed by atoms with van der Waals surface area (Å²) >= 11 is 1.60. The van der Waals surface area contributed by atoms with Crippen molar-refractivity contribution in [2.24, 2.45) is 0 Å². The normalized spacial score (nSPS) is 12.5. The van der Waals surface area contributed by atoms with Crippen molar-refractivity contribution in [2.45, 2.75) is 19.9 Å². The molecule has 1 unspecified atom stereocenters. The highest BCUT2D eigenvalue weighted by molar-refractivity contribution is 7.15. The van der Waals surface area contributed by atoms with Crippen LogP contribution in [0.15, 0.2) is 30.7 Å². The maximum Gasteiger partial charge on any atom is 0.194 e. The molecule has 0 saturated heterocycles. The second-order valence-corrected chi connectivity index (χ2v) is 5.48. The van der Waals surface area contributed by atoms with E-state index < -0.39 is 0 Å². The zero-order valence-corrected chi connectivity index (χ0v) is 12.7. The summed E-state index contributed by atoms with van der Waals surface area (Å²) in [4.78, 5) is 7.53. The van der Waals surface area contributed by atoms with Crippen molar-refractivity contribution in [1.29, 1.82) is 5.26 Å². The molecule has 0 N–H and O–H groups in total. The van der Waals surface area contributed by atoms with E-state index in [1.54, 1.807) is 11.3 Å². The predicted molar refractivity (Wildman–Crippen MR) is 82.9 cm³/mol. The van der Waals surface area contributed by atoms with Gasteiger partial charge in [0.1, 0.15) is 6.04 Å². The highest BCUT2D eigenvalue weighted by atomic mass is 32.1. The topological polar surface area (TPSA) is 44.3 Å². The monoisotopic (exact) mass is 286 g/mol. The van der Waals surface area contributed by atoms with Gasteiger partial charge in [-0.1, -0.05) is 12.2 Å². The van der Waals surface area contributed by atoms with E-state index in [0.717, 1.165) is 22.0 Å². The van der Waals surface area contributed by atoms with Crippen molar-refractivity contribution < 1.29 is 0 Å². The fraction of sp³-hybridized carbons (Fsp3) is 0.333. The van der Waals surface area contributed by atoms with E-state index >= 15 is 0 Å². The first kappa shape index (κ1) is 14.5. The molecule has 0 amide bonds. The van der Waals surface area contributed by atoms with Crippen molar-refractivity contribution in [2.75, 3.05) is 13.1 Å². The number of aromatic nitrogens is 2. The van der Waals surface area contributed by atoms with Crippen LogP contribution in [0, 0.1) is 25.2 Å². The van der Waals surface area contributed by atoms with E-state index in [9.17, 15) is 5.26 Å². The third kappa shape index (κ3) is 2.40. The van der Waals surface area contributed by atoms with Gasteiger partial charge in [0.2, 0.25) is 0 Å². The van der Waals surface area contributed by atoms with Crippen molar-refractivity contribution in [3.05, 3.63) is 47.8 Å². The average molecular weight is 286 g/mol. The van der Waals surface area contributed by atoms with Crippen LogP contribution in [0.4, 0.5) is 0 Å². The Labute approximate surface area is 123 Å². The van der Waals surface area contributed by atoms with Crippen molar-refractivity contribution >= 4 is 16.3 Å². The molecule has 0 spiro atoms. The lowest BCUT2D eigenvalue weighted by Crippen LogP contribution is -2.29. The van der Waals surface area contributed by atoms with Gasteiger partial charge >= 0.3 is 0 Å². The van der Waals surface area contributed by atoms with Crippen molar-refractivity contribution in [3.8, 4) is 6.07 Å². The van der Waals surface area contributed by atoms with Crippen molar-refractivity contribution in [3.63, 3.8) is 0 Å². The number of nitrogens with zero attached hydrogens (tertiary/aromatic N) is 4. The summed E-state index contributed by atoms with van der Waals surface area (Å²) in [5.74, 6) is 0. The molecule has 0 aliphatic rings. The largest absolute Gasteiger partial charge is 0.289 e. The summed E-state index contributed by atoms with van der Waals surface area (Å²) in [6.07, 6.45) is 3.61. The minimum absolute atomic E-state index is 0.353. The fourth-order valence-electron chi connectivity index (χ4n) is 2.38. The molecule has 104 valence electrons. The number of hydrogen-bond acceptors (Lipinski definition) is 4. The Morgan fingerprint density at radius 3 is 2.65 bits per heavy atom. The van der Waals surface area contributed by atoms with E-state index in [1.165, 1.54) is 0 Å². The lowest BCUT2D eigenvalue weighted by molar-refractivity contribution is 0.285. The molecular formula is C15H18N4S. The Bertz CT molecular complexity index is 664. The molecule has 5 heteroatoms. The summed E-state index contributed by atoms with van der Waals surface area (Å²) in [6.45, 7) is 12.8. The van der Waals surface area contributed by atoms with Gasteiger partial charge < -0.3 is 0 Å². The SMILES string of the molecule is C=CCN(CC=C)C(C#N)c1c(C)nc2scc(C)n12. The molecule has 2 heterocycles. The molecule has 0 aliphatic carbocycles. The molecule has 0 fully saturated rings. The zero-order chi connectivity index (χ0) is 14.7. The molecule has 2 aromatic heterocycles. The second kappa shape index (κ2) is 6.04. The van der Waals surface area contributed by atoms with Gasteiger partial charge in [0.05, 0.1) is 17.5 Å². The van der Waals surface area contributed by atoms with Crippen LogP contribution < -0.4 is 0 Å². The smallest absolute Gasteiger partial charge is 0.194 e. The molecule has 2 rings (SSSR count). The first-order valence-electron chi connectivity index (χ1n) is 6.42. The highest BCUT2D eigenvalue weighted by Crippen LogP contribution is 2.28. The summed E-state index contributed by atoms with van der Waals surface area (Å²) in [6, 6.07) is 2.05. The summed E-state index contributed by atoms with van der Waals surface area (Å²) in [5.41, 5.74) is 2.97. The number of aryl methyl sites for hydroxylation is 2. The van der Waals surface area contributed by atoms with Gasteiger partial charge in [-0.3, -0.25) is 9.30 Å². The van der Waals surface area contributed by atoms with Crippen LogP contribution in [0.5, 0.6) is 0 Å². The average Bonchev–Trinajstić information content (AvgIpc) is 2.92. The number of fused-ring (bicyclic) bond motifs is 1. The quantitative estimate of drug-likeness (QED) is 0.766. The number of thiazole rings is 1. The first-order chi connectivity index (χ1) is 9.63. The van der Waals surface area contributed by atoms with E-state index in [4.69, 9.17) is 0 Å². The molecule has 0 saturated carbocycles. The molecular weight excluding hydrogens is 268 g/mol. The molecule has 2 aromatic rings. The van der Waals surface area contributed by atoms with Crippen LogP contribution in [-0.2, 0) is 0 Å². The number of rotatable bonds is 6. The fourth-order valence-corrected chi connectivity index (χ4v) is 3.30. The molecule has 0 aliphatic heterocycles. The maximum atomic E-state index is 9.64. The minimum Gasteiger partial charge on any atom is -0.289 e. The lowest BCUT2D eigenvalue weighted by atomic mass is 10.1. The van der Waals surface area contributed by atoms with Crippen LogP contribution >= 0.6 is 11.3 Å².